The van der Waals surface area contributed by atoms with Crippen LogP contribution in [0.2, 0.25) is 0 Å². The number of nitrogens with zero attached hydrogens (tertiary/aromatic N) is 2. The fourth-order valence-electron chi connectivity index (χ4n) is 1.61. The molecule has 1 aromatic carbocycles. The number of aliphatic hydroxyl groups excluding tert-OH is 1. The van der Waals surface area contributed by atoms with Crippen LogP contribution in [0.3, 0.4) is 0 Å². The number of rotatable bonds is 6. The standard InChI is InChI=1S/C14H19N3O3/c1-14(2,19-3)13-16-12(20-17-13)10-4-6-11(7-5-10)15-8-9-18/h4-7,15,18H,8-9H2,1-3H3. The maximum atomic E-state index is 8.75. The number of anilines is 1. The van der Waals surface area contributed by atoms with Crippen LogP contribution in [0, 0.1) is 0 Å². The van der Waals surface area contributed by atoms with Crippen molar-refractivity contribution in [2.75, 3.05) is 25.6 Å². The van der Waals surface area contributed by atoms with Gasteiger partial charge in [0.1, 0.15) is 5.60 Å². The minimum Gasteiger partial charge on any atom is -0.395 e. The largest absolute Gasteiger partial charge is 0.395 e. The van der Waals surface area contributed by atoms with Crippen LogP contribution < -0.4 is 5.32 Å². The van der Waals surface area contributed by atoms with Gasteiger partial charge in [-0.15, -0.1) is 0 Å². The number of hydrogen-bond donors (Lipinski definition) is 2. The second kappa shape index (κ2) is 6.02. The van der Waals surface area contributed by atoms with Crippen molar-refractivity contribution in [2.45, 2.75) is 19.4 Å². The highest BCUT2D eigenvalue weighted by Crippen LogP contribution is 2.25. The summed E-state index contributed by atoms with van der Waals surface area (Å²) in [5, 5.41) is 15.8. The normalized spacial score (nSPS) is 11.6. The predicted octanol–water partition coefficient (Wildman–Crippen LogP) is 2.02. The summed E-state index contributed by atoms with van der Waals surface area (Å²) in [5.41, 5.74) is 1.19. The Balaban J connectivity index is 2.16. The molecular formula is C14H19N3O3. The Morgan fingerprint density at radius 2 is 2.00 bits per heavy atom. The van der Waals surface area contributed by atoms with Crippen LogP contribution in [0.4, 0.5) is 5.69 Å². The topological polar surface area (TPSA) is 80.4 Å². The second-order valence-electron chi connectivity index (χ2n) is 4.87. The molecule has 0 bridgehead atoms. The van der Waals surface area contributed by atoms with Crippen LogP contribution in [-0.4, -0.2) is 35.5 Å². The third-order valence-electron chi connectivity index (χ3n) is 3.05. The highest BCUT2D eigenvalue weighted by atomic mass is 16.5. The van der Waals surface area contributed by atoms with E-state index < -0.39 is 5.60 Å². The third-order valence-corrected chi connectivity index (χ3v) is 3.05. The van der Waals surface area contributed by atoms with Crippen LogP contribution in [-0.2, 0) is 10.3 Å². The number of aromatic nitrogens is 2. The molecule has 20 heavy (non-hydrogen) atoms. The smallest absolute Gasteiger partial charge is 0.258 e. The Morgan fingerprint density at radius 1 is 1.30 bits per heavy atom. The Labute approximate surface area is 117 Å². The third kappa shape index (κ3) is 3.15. The maximum Gasteiger partial charge on any atom is 0.258 e. The summed E-state index contributed by atoms with van der Waals surface area (Å²) in [6.07, 6.45) is 0. The second-order valence-corrected chi connectivity index (χ2v) is 4.87. The Bertz CT molecular complexity index is 549. The molecule has 108 valence electrons. The minimum absolute atomic E-state index is 0.0981. The number of ether oxygens (including phenoxy) is 1. The first-order chi connectivity index (χ1) is 9.56. The van der Waals surface area contributed by atoms with Gasteiger partial charge < -0.3 is 19.7 Å². The average Bonchev–Trinajstić information content (AvgIpc) is 2.96. The number of aliphatic hydroxyl groups is 1. The SMILES string of the molecule is COC(C)(C)c1noc(-c2ccc(NCCO)cc2)n1. The first-order valence-electron chi connectivity index (χ1n) is 6.41. The van der Waals surface area contributed by atoms with E-state index in [0.717, 1.165) is 11.3 Å². The van der Waals surface area contributed by atoms with Crippen LogP contribution in [0.15, 0.2) is 28.8 Å². The van der Waals surface area contributed by atoms with Gasteiger partial charge in [-0.2, -0.15) is 4.98 Å². The van der Waals surface area contributed by atoms with Crippen LogP contribution in [0.1, 0.15) is 19.7 Å². The van der Waals surface area contributed by atoms with Gasteiger partial charge in [0.25, 0.3) is 5.89 Å². The van der Waals surface area contributed by atoms with Gasteiger partial charge in [0, 0.05) is 24.9 Å². The van der Waals surface area contributed by atoms with Crippen molar-refractivity contribution in [3.63, 3.8) is 0 Å². The summed E-state index contributed by atoms with van der Waals surface area (Å²) in [4.78, 5) is 4.35. The molecule has 2 rings (SSSR count). The number of nitrogens with one attached hydrogen (secondary N) is 1. The Morgan fingerprint density at radius 3 is 2.60 bits per heavy atom. The molecule has 0 saturated carbocycles. The van der Waals surface area contributed by atoms with Crippen molar-refractivity contribution < 1.29 is 14.4 Å². The van der Waals surface area contributed by atoms with Gasteiger partial charge in [-0.3, -0.25) is 0 Å². The zero-order valence-corrected chi connectivity index (χ0v) is 11.9. The average molecular weight is 277 g/mol. The summed E-state index contributed by atoms with van der Waals surface area (Å²) in [7, 11) is 1.61. The molecule has 0 spiro atoms. The molecule has 2 N–H and O–H groups in total. The fourth-order valence-corrected chi connectivity index (χ4v) is 1.61. The van der Waals surface area contributed by atoms with E-state index in [1.54, 1.807) is 7.11 Å². The van der Waals surface area contributed by atoms with Gasteiger partial charge in [-0.1, -0.05) is 5.16 Å². The quantitative estimate of drug-likeness (QED) is 0.841. The Kier molecular flexibility index (Phi) is 4.36. The summed E-state index contributed by atoms with van der Waals surface area (Å²) in [6, 6.07) is 7.57. The molecule has 0 aliphatic rings. The molecule has 1 heterocycles. The predicted molar refractivity (Wildman–Crippen MR) is 75.3 cm³/mol. The summed E-state index contributed by atoms with van der Waals surface area (Å²) < 4.78 is 10.6. The van der Waals surface area contributed by atoms with Crippen LogP contribution in [0.5, 0.6) is 0 Å². The van der Waals surface area contributed by atoms with E-state index in [2.05, 4.69) is 15.5 Å². The molecule has 0 radical (unpaired) electrons. The van der Waals surface area contributed by atoms with E-state index in [-0.39, 0.29) is 6.61 Å². The fraction of sp³-hybridized carbons (Fsp3) is 0.429. The van der Waals surface area contributed by atoms with Gasteiger partial charge in [0.2, 0.25) is 5.82 Å². The van der Waals surface area contributed by atoms with Gasteiger partial charge in [-0.25, -0.2) is 0 Å². The first kappa shape index (κ1) is 14.5. The molecule has 6 heteroatoms. The highest BCUT2D eigenvalue weighted by Gasteiger charge is 2.26. The molecule has 0 aliphatic heterocycles. The zero-order valence-electron chi connectivity index (χ0n) is 11.9. The van der Waals surface area contributed by atoms with E-state index in [4.69, 9.17) is 14.4 Å². The molecule has 0 fully saturated rings. The maximum absolute atomic E-state index is 8.75. The molecule has 0 atom stereocenters. The molecule has 2 aromatic rings. The van der Waals surface area contributed by atoms with E-state index >= 15 is 0 Å². The van der Waals surface area contributed by atoms with E-state index in [1.165, 1.54) is 0 Å². The van der Waals surface area contributed by atoms with E-state index in [9.17, 15) is 0 Å². The van der Waals surface area contributed by atoms with Crippen molar-refractivity contribution in [2.24, 2.45) is 0 Å². The monoisotopic (exact) mass is 277 g/mol. The molecule has 0 aliphatic carbocycles. The van der Waals surface area contributed by atoms with Crippen LogP contribution >= 0.6 is 0 Å². The first-order valence-corrected chi connectivity index (χ1v) is 6.41. The lowest BCUT2D eigenvalue weighted by Gasteiger charge is -2.17. The molecule has 0 unspecified atom stereocenters. The number of benzene rings is 1. The van der Waals surface area contributed by atoms with Crippen LogP contribution in [0.25, 0.3) is 11.5 Å². The van der Waals surface area contributed by atoms with E-state index in [1.807, 2.05) is 38.1 Å². The van der Waals surface area contributed by atoms with Crippen molar-refractivity contribution in [3.8, 4) is 11.5 Å². The summed E-state index contributed by atoms with van der Waals surface area (Å²) >= 11 is 0. The Hall–Kier alpha value is -1.92. The number of methoxy groups -OCH3 is 1. The molecule has 6 nitrogen and oxygen atoms in total. The van der Waals surface area contributed by atoms with Crippen molar-refractivity contribution in [1.29, 1.82) is 0 Å². The lowest BCUT2D eigenvalue weighted by Crippen LogP contribution is -2.21. The van der Waals surface area contributed by atoms with Gasteiger partial charge in [-0.05, 0) is 38.1 Å². The molecular weight excluding hydrogens is 258 g/mol. The minimum atomic E-state index is -0.579. The number of hydrogen-bond acceptors (Lipinski definition) is 6. The highest BCUT2D eigenvalue weighted by molar-refractivity contribution is 5.58. The molecule has 0 amide bonds. The van der Waals surface area contributed by atoms with Crippen molar-refractivity contribution in [1.82, 2.24) is 10.1 Å². The zero-order chi connectivity index (χ0) is 14.6. The summed E-state index contributed by atoms with van der Waals surface area (Å²) in [5.74, 6) is 0.969. The van der Waals surface area contributed by atoms with Gasteiger partial charge in [0.05, 0.1) is 6.61 Å². The van der Waals surface area contributed by atoms with Gasteiger partial charge >= 0.3 is 0 Å². The van der Waals surface area contributed by atoms with Crippen molar-refractivity contribution >= 4 is 5.69 Å². The van der Waals surface area contributed by atoms with Crippen molar-refractivity contribution in [3.05, 3.63) is 30.1 Å². The molecule has 1 aromatic heterocycles. The summed E-state index contributed by atoms with van der Waals surface area (Å²) in [6.45, 7) is 4.38. The lowest BCUT2D eigenvalue weighted by atomic mass is 10.1. The lowest BCUT2D eigenvalue weighted by molar-refractivity contribution is 0.00973. The molecule has 0 saturated heterocycles. The van der Waals surface area contributed by atoms with E-state index in [0.29, 0.717) is 18.3 Å². The van der Waals surface area contributed by atoms with Gasteiger partial charge in [0.15, 0.2) is 0 Å².